The Bertz CT molecular complexity index is 1550. The molecule has 0 fully saturated rings. The Balaban J connectivity index is 1.64. The summed E-state index contributed by atoms with van der Waals surface area (Å²) < 4.78 is 16.1. The van der Waals surface area contributed by atoms with Crippen molar-refractivity contribution in [1.29, 1.82) is 0 Å². The minimum atomic E-state index is -0.300. The fourth-order valence-corrected chi connectivity index (χ4v) is 5.58. The van der Waals surface area contributed by atoms with Crippen molar-refractivity contribution < 1.29 is 4.39 Å². The minimum Gasteiger partial charge on any atom is -0.272 e. The molecule has 32 heavy (non-hydrogen) atoms. The normalized spacial score (nSPS) is 17.4. The molecule has 0 amide bonds. The van der Waals surface area contributed by atoms with E-state index < -0.39 is 0 Å². The van der Waals surface area contributed by atoms with E-state index in [4.69, 9.17) is 4.99 Å². The maximum absolute atomic E-state index is 13.7. The molecule has 4 aromatic rings. The Kier molecular flexibility index (Phi) is 4.47. The third kappa shape index (κ3) is 3.07. The Morgan fingerprint density at radius 1 is 1.03 bits per heavy atom. The highest BCUT2D eigenvalue weighted by atomic mass is 32.1. The first-order chi connectivity index (χ1) is 15.7. The van der Waals surface area contributed by atoms with Crippen molar-refractivity contribution in [1.82, 2.24) is 9.55 Å². The molecule has 3 heterocycles. The fourth-order valence-electron chi connectivity index (χ4n) is 4.58. The number of allylic oxidation sites excluding steroid dienone is 1. The number of hydrogen-bond donors (Lipinski definition) is 0. The van der Waals surface area contributed by atoms with Crippen LogP contribution in [-0.2, 0) is 6.42 Å². The van der Waals surface area contributed by atoms with Crippen LogP contribution in [0.1, 0.15) is 34.7 Å². The first kappa shape index (κ1) is 19.1. The molecule has 1 aliphatic heterocycles. The maximum atomic E-state index is 13.7. The largest absolute Gasteiger partial charge is 0.272 e. The van der Waals surface area contributed by atoms with Crippen LogP contribution in [0.2, 0.25) is 0 Å². The second kappa shape index (κ2) is 7.50. The van der Waals surface area contributed by atoms with E-state index in [0.717, 1.165) is 40.8 Å². The number of nitrogens with zero attached hydrogens (tertiary/aromatic N) is 3. The molecular formula is C26H18FN3OS. The smallest absolute Gasteiger partial charge is 0.271 e. The van der Waals surface area contributed by atoms with Crippen molar-refractivity contribution >= 4 is 23.1 Å². The van der Waals surface area contributed by atoms with Gasteiger partial charge in [0.15, 0.2) is 4.80 Å². The van der Waals surface area contributed by atoms with Gasteiger partial charge in [-0.15, -0.1) is 0 Å². The molecule has 1 aliphatic carbocycles. The fraction of sp³-hybridized carbons (Fsp3) is 0.115. The summed E-state index contributed by atoms with van der Waals surface area (Å²) in [5.41, 5.74) is 6.10. The molecule has 2 aliphatic rings. The Morgan fingerprint density at radius 3 is 2.69 bits per heavy atom. The van der Waals surface area contributed by atoms with Crippen molar-refractivity contribution in [3.63, 3.8) is 0 Å². The predicted molar refractivity (Wildman–Crippen MR) is 123 cm³/mol. The van der Waals surface area contributed by atoms with Crippen molar-refractivity contribution in [3.05, 3.63) is 126 Å². The molecule has 0 unspecified atom stereocenters. The molecule has 0 radical (unpaired) electrons. The minimum absolute atomic E-state index is 0.0858. The van der Waals surface area contributed by atoms with Gasteiger partial charge in [-0.05, 0) is 59.4 Å². The zero-order valence-electron chi connectivity index (χ0n) is 17.0. The highest BCUT2D eigenvalue weighted by molar-refractivity contribution is 7.07. The van der Waals surface area contributed by atoms with E-state index in [1.165, 1.54) is 29.0 Å². The van der Waals surface area contributed by atoms with E-state index in [9.17, 15) is 9.18 Å². The summed E-state index contributed by atoms with van der Waals surface area (Å²) >= 11 is 1.38. The van der Waals surface area contributed by atoms with Crippen molar-refractivity contribution in [2.45, 2.75) is 18.9 Å². The number of fused-ring (bicyclic) bond motifs is 3. The van der Waals surface area contributed by atoms with Gasteiger partial charge >= 0.3 is 0 Å². The molecule has 6 rings (SSSR count). The topological polar surface area (TPSA) is 47.2 Å². The van der Waals surface area contributed by atoms with Gasteiger partial charge in [-0.3, -0.25) is 14.3 Å². The molecule has 6 heteroatoms. The van der Waals surface area contributed by atoms with Gasteiger partial charge in [-0.25, -0.2) is 9.38 Å². The molecule has 0 bridgehead atoms. The average molecular weight is 440 g/mol. The van der Waals surface area contributed by atoms with Crippen LogP contribution in [-0.4, -0.2) is 9.55 Å². The second-order valence-corrected chi connectivity index (χ2v) is 8.96. The lowest BCUT2D eigenvalue weighted by molar-refractivity contribution is 0.581. The summed E-state index contributed by atoms with van der Waals surface area (Å²) in [4.78, 5) is 23.3. The predicted octanol–water partition coefficient (Wildman–Crippen LogP) is 3.85. The van der Waals surface area contributed by atoms with Gasteiger partial charge in [0.1, 0.15) is 5.82 Å². The molecule has 1 atom stereocenters. The van der Waals surface area contributed by atoms with E-state index >= 15 is 0 Å². The van der Waals surface area contributed by atoms with Crippen LogP contribution >= 0.6 is 11.3 Å². The first-order valence-corrected chi connectivity index (χ1v) is 11.3. The van der Waals surface area contributed by atoms with Crippen LogP contribution in [0.25, 0.3) is 11.8 Å². The lowest BCUT2D eigenvalue weighted by atomic mass is 9.83. The lowest BCUT2D eigenvalue weighted by Gasteiger charge is -2.30. The third-order valence-corrected chi connectivity index (χ3v) is 7.02. The maximum Gasteiger partial charge on any atom is 0.271 e. The van der Waals surface area contributed by atoms with Crippen LogP contribution < -0.4 is 14.9 Å². The van der Waals surface area contributed by atoms with Crippen molar-refractivity contribution in [2.24, 2.45) is 4.99 Å². The van der Waals surface area contributed by atoms with E-state index in [0.29, 0.717) is 9.33 Å². The number of rotatable bonds is 2. The number of thiazole rings is 1. The summed E-state index contributed by atoms with van der Waals surface area (Å²) in [6, 6.07) is 18.2. The van der Waals surface area contributed by atoms with Gasteiger partial charge in [0.2, 0.25) is 0 Å². The molecule has 4 nitrogen and oxygen atoms in total. The van der Waals surface area contributed by atoms with E-state index in [1.807, 2.05) is 30.3 Å². The Hall–Kier alpha value is -3.64. The van der Waals surface area contributed by atoms with Gasteiger partial charge in [0.05, 0.1) is 16.3 Å². The van der Waals surface area contributed by atoms with E-state index in [-0.39, 0.29) is 17.4 Å². The van der Waals surface area contributed by atoms with Crippen LogP contribution in [0.5, 0.6) is 0 Å². The van der Waals surface area contributed by atoms with Gasteiger partial charge in [-0.2, -0.15) is 0 Å². The summed E-state index contributed by atoms with van der Waals surface area (Å²) in [6.45, 7) is 0. The monoisotopic (exact) mass is 439 g/mol. The van der Waals surface area contributed by atoms with Crippen molar-refractivity contribution in [2.75, 3.05) is 0 Å². The second-order valence-electron chi connectivity index (χ2n) is 7.95. The van der Waals surface area contributed by atoms with E-state index in [1.54, 1.807) is 29.1 Å². The third-order valence-electron chi connectivity index (χ3n) is 6.04. The summed E-state index contributed by atoms with van der Waals surface area (Å²) in [5.74, 6) is -0.291. The molecule has 0 saturated carbocycles. The highest BCUT2D eigenvalue weighted by Gasteiger charge is 2.32. The molecular weight excluding hydrogens is 421 g/mol. The molecule has 2 aromatic heterocycles. The SMILES string of the molecule is O=c1/c(=C\c2cccnc2)sc2n1[C@@H](c1ccc(F)cc1)C1=C(N=2)c2ccccc2CC1. The number of pyridine rings is 1. The van der Waals surface area contributed by atoms with Crippen molar-refractivity contribution in [3.8, 4) is 0 Å². The molecule has 156 valence electrons. The number of benzene rings is 2. The number of aromatic nitrogens is 2. The highest BCUT2D eigenvalue weighted by Crippen LogP contribution is 2.41. The Morgan fingerprint density at radius 2 is 1.88 bits per heavy atom. The average Bonchev–Trinajstić information content (AvgIpc) is 3.13. The standard InChI is InChI=1S/C26H18FN3OS/c27-19-10-7-18(8-11-19)24-21-12-9-17-5-1-2-6-20(17)23(21)29-26-30(24)25(31)22(32-26)14-16-4-3-13-28-15-16/h1-8,10-11,13-15,24H,9,12H2/b22-14+/t24-/m0/s1. The quantitative estimate of drug-likeness (QED) is 0.476. The first-order valence-electron chi connectivity index (χ1n) is 10.5. The van der Waals surface area contributed by atoms with Crippen LogP contribution in [0.3, 0.4) is 0 Å². The summed E-state index contributed by atoms with van der Waals surface area (Å²) in [5, 5.41) is 0. The number of halogens is 1. The van der Waals surface area contributed by atoms with Crippen LogP contribution in [0, 0.1) is 5.82 Å². The molecule has 0 saturated heterocycles. The van der Waals surface area contributed by atoms with Gasteiger partial charge in [0, 0.05) is 18.0 Å². The Labute approximate surface area is 187 Å². The molecule has 2 aromatic carbocycles. The number of aryl methyl sites for hydroxylation is 1. The summed E-state index contributed by atoms with van der Waals surface area (Å²) in [6.07, 6.45) is 7.00. The van der Waals surface area contributed by atoms with E-state index in [2.05, 4.69) is 17.1 Å². The van der Waals surface area contributed by atoms with Crippen LogP contribution in [0.15, 0.2) is 88.4 Å². The van der Waals surface area contributed by atoms with Crippen LogP contribution in [0.4, 0.5) is 4.39 Å². The van der Waals surface area contributed by atoms with Gasteiger partial charge in [0.25, 0.3) is 5.56 Å². The zero-order valence-corrected chi connectivity index (χ0v) is 17.8. The summed E-state index contributed by atoms with van der Waals surface area (Å²) in [7, 11) is 0. The number of hydrogen-bond acceptors (Lipinski definition) is 4. The zero-order chi connectivity index (χ0) is 21.7. The molecule has 0 N–H and O–H groups in total. The van der Waals surface area contributed by atoms with Gasteiger partial charge < -0.3 is 0 Å². The van der Waals surface area contributed by atoms with Gasteiger partial charge in [-0.1, -0.05) is 53.8 Å². The lowest BCUT2D eigenvalue weighted by Crippen LogP contribution is -2.38. The molecule has 0 spiro atoms.